The summed E-state index contributed by atoms with van der Waals surface area (Å²) in [7, 11) is 1.96. The lowest BCUT2D eigenvalue weighted by molar-refractivity contribution is 0.172. The minimum Gasteiger partial charge on any atom is -0.319 e. The van der Waals surface area contributed by atoms with Gasteiger partial charge in [0.1, 0.15) is 0 Å². The molecule has 26 heavy (non-hydrogen) atoms. The van der Waals surface area contributed by atoms with Crippen molar-refractivity contribution in [1.29, 1.82) is 0 Å². The van der Waals surface area contributed by atoms with Gasteiger partial charge in [0, 0.05) is 41.1 Å². The number of pyridine rings is 2. The highest BCUT2D eigenvalue weighted by Gasteiger charge is 2.44. The van der Waals surface area contributed by atoms with Crippen LogP contribution in [-0.4, -0.2) is 37.7 Å². The molecular weight excluding hydrogens is 326 g/mol. The molecule has 3 N–H and O–H groups in total. The van der Waals surface area contributed by atoms with Gasteiger partial charge in [-0.2, -0.15) is 5.10 Å². The number of hydrogen-bond donors (Lipinski definition) is 2. The first kappa shape index (κ1) is 15.4. The van der Waals surface area contributed by atoms with Crippen molar-refractivity contribution in [2.75, 3.05) is 7.05 Å². The van der Waals surface area contributed by atoms with Crippen molar-refractivity contribution >= 4 is 16.6 Å². The molecule has 0 bridgehead atoms. The highest BCUT2D eigenvalue weighted by molar-refractivity contribution is 5.86. The van der Waals surface area contributed by atoms with Gasteiger partial charge < -0.3 is 11.1 Å². The van der Waals surface area contributed by atoms with E-state index in [1.54, 1.807) is 6.20 Å². The lowest BCUT2D eigenvalue weighted by atomic mass is 9.73. The van der Waals surface area contributed by atoms with Gasteiger partial charge in [0.05, 0.1) is 17.3 Å². The summed E-state index contributed by atoms with van der Waals surface area (Å²) < 4.78 is 1.85. The highest BCUT2D eigenvalue weighted by atomic mass is 15.3. The zero-order valence-electron chi connectivity index (χ0n) is 14.4. The molecule has 1 aliphatic carbocycles. The molecule has 4 aromatic rings. The van der Waals surface area contributed by atoms with Gasteiger partial charge in [0.15, 0.2) is 11.5 Å². The number of aromatic nitrogens is 5. The fourth-order valence-corrected chi connectivity index (χ4v) is 3.69. The van der Waals surface area contributed by atoms with Crippen LogP contribution >= 0.6 is 0 Å². The van der Waals surface area contributed by atoms with Crippen molar-refractivity contribution in [3.63, 3.8) is 0 Å². The zero-order valence-corrected chi connectivity index (χ0v) is 14.4. The second kappa shape index (κ2) is 5.55. The largest absolute Gasteiger partial charge is 0.319 e. The Bertz CT molecular complexity index is 1110. The van der Waals surface area contributed by atoms with Crippen LogP contribution in [0.15, 0.2) is 49.1 Å². The Balaban J connectivity index is 1.55. The van der Waals surface area contributed by atoms with Crippen molar-refractivity contribution in [3.8, 4) is 11.1 Å². The number of nitrogens with zero attached hydrogens (tertiary/aromatic N) is 5. The second-order valence-electron chi connectivity index (χ2n) is 6.97. The Morgan fingerprint density at radius 1 is 1.19 bits per heavy atom. The molecule has 1 saturated carbocycles. The predicted octanol–water partition coefficient (Wildman–Crippen LogP) is 1.88. The Morgan fingerprint density at radius 2 is 2.08 bits per heavy atom. The maximum absolute atomic E-state index is 6.47. The molecule has 1 fully saturated rings. The number of nitrogens with one attached hydrogen (secondary N) is 1. The average Bonchev–Trinajstić information content (AvgIpc) is 3.08. The number of hydrogen-bond acceptors (Lipinski definition) is 6. The molecule has 0 spiro atoms. The molecule has 0 radical (unpaired) electrons. The molecule has 1 aliphatic rings. The van der Waals surface area contributed by atoms with Gasteiger partial charge in [-0.1, -0.05) is 0 Å². The standard InChI is InChI=1S/C19H19N7/c1-21-14-8-19(20,9-14)18-24-11-16-15(4-6-26(16)25-18)13-7-12-3-2-5-22-17(12)23-10-13/h2-7,10-11,14,21H,8-9,20H2,1H3. The second-order valence-corrected chi connectivity index (χ2v) is 6.97. The van der Waals surface area contributed by atoms with Crippen LogP contribution in [-0.2, 0) is 5.54 Å². The first-order chi connectivity index (χ1) is 12.7. The molecule has 0 aromatic carbocycles. The number of fused-ring (bicyclic) bond motifs is 2. The lowest BCUT2D eigenvalue weighted by Gasteiger charge is -2.43. The van der Waals surface area contributed by atoms with Crippen LogP contribution in [0, 0.1) is 0 Å². The third kappa shape index (κ3) is 2.28. The molecule has 130 valence electrons. The fraction of sp³-hybridized carbons (Fsp3) is 0.263. The van der Waals surface area contributed by atoms with Crippen molar-refractivity contribution in [3.05, 3.63) is 54.9 Å². The topological polar surface area (TPSA) is 94.0 Å². The minimum absolute atomic E-state index is 0.441. The van der Waals surface area contributed by atoms with Crippen LogP contribution in [0.1, 0.15) is 18.7 Å². The van der Waals surface area contributed by atoms with E-state index in [-0.39, 0.29) is 0 Å². The summed E-state index contributed by atoms with van der Waals surface area (Å²) in [6, 6.07) is 8.49. The zero-order chi connectivity index (χ0) is 17.7. The first-order valence-corrected chi connectivity index (χ1v) is 8.68. The van der Waals surface area contributed by atoms with Crippen molar-refractivity contribution in [2.45, 2.75) is 24.4 Å². The Morgan fingerprint density at radius 3 is 2.92 bits per heavy atom. The Labute approximate surface area is 150 Å². The Kier molecular flexibility index (Phi) is 3.28. The van der Waals surface area contributed by atoms with Gasteiger partial charge >= 0.3 is 0 Å². The van der Waals surface area contributed by atoms with Crippen molar-refractivity contribution in [1.82, 2.24) is 29.9 Å². The number of rotatable bonds is 3. The average molecular weight is 345 g/mol. The first-order valence-electron chi connectivity index (χ1n) is 8.68. The van der Waals surface area contributed by atoms with E-state index in [4.69, 9.17) is 5.73 Å². The van der Waals surface area contributed by atoms with Gasteiger partial charge in [-0.15, -0.1) is 0 Å². The summed E-state index contributed by atoms with van der Waals surface area (Å²) in [6.45, 7) is 0. The lowest BCUT2D eigenvalue weighted by Crippen LogP contribution is -2.57. The summed E-state index contributed by atoms with van der Waals surface area (Å²) >= 11 is 0. The molecule has 0 saturated heterocycles. The van der Waals surface area contributed by atoms with E-state index in [0.29, 0.717) is 11.9 Å². The van der Waals surface area contributed by atoms with E-state index in [1.807, 2.05) is 48.4 Å². The van der Waals surface area contributed by atoms with E-state index in [0.717, 1.165) is 40.5 Å². The Hall–Kier alpha value is -2.90. The van der Waals surface area contributed by atoms with Crippen LogP contribution in [0.5, 0.6) is 0 Å². The normalized spacial score (nSPS) is 22.6. The molecular formula is C19H19N7. The maximum atomic E-state index is 6.47. The molecule has 5 rings (SSSR count). The smallest absolute Gasteiger partial charge is 0.169 e. The SMILES string of the molecule is CNC1CC(N)(c2ncc3c(-c4cnc5ncccc5c4)ccn3n2)C1. The predicted molar refractivity (Wildman–Crippen MR) is 99.5 cm³/mol. The molecule has 0 aliphatic heterocycles. The summed E-state index contributed by atoms with van der Waals surface area (Å²) in [6.07, 6.45) is 9.09. The summed E-state index contributed by atoms with van der Waals surface area (Å²) in [5.74, 6) is 0.694. The van der Waals surface area contributed by atoms with Crippen molar-refractivity contribution < 1.29 is 0 Å². The fourth-order valence-electron chi connectivity index (χ4n) is 3.69. The van der Waals surface area contributed by atoms with Crippen LogP contribution in [0.4, 0.5) is 0 Å². The molecule has 0 atom stereocenters. The monoisotopic (exact) mass is 345 g/mol. The minimum atomic E-state index is -0.442. The van der Waals surface area contributed by atoms with Crippen molar-refractivity contribution in [2.24, 2.45) is 5.73 Å². The molecule has 7 nitrogen and oxygen atoms in total. The quantitative estimate of drug-likeness (QED) is 0.589. The van der Waals surface area contributed by atoms with E-state index >= 15 is 0 Å². The van der Waals surface area contributed by atoms with E-state index in [2.05, 4.69) is 31.4 Å². The molecule has 4 heterocycles. The van der Waals surface area contributed by atoms with Crippen LogP contribution in [0.2, 0.25) is 0 Å². The highest BCUT2D eigenvalue weighted by Crippen LogP contribution is 2.37. The van der Waals surface area contributed by atoms with Gasteiger partial charge in [-0.25, -0.2) is 19.5 Å². The molecule has 0 amide bonds. The van der Waals surface area contributed by atoms with E-state index < -0.39 is 5.54 Å². The maximum Gasteiger partial charge on any atom is 0.169 e. The summed E-state index contributed by atoms with van der Waals surface area (Å²) in [5, 5.41) is 8.93. The summed E-state index contributed by atoms with van der Waals surface area (Å²) in [5.41, 5.74) is 9.77. The van der Waals surface area contributed by atoms with Gasteiger partial charge in [-0.3, -0.25) is 0 Å². The molecule has 4 aromatic heterocycles. The van der Waals surface area contributed by atoms with Gasteiger partial charge in [0.2, 0.25) is 0 Å². The molecule has 0 unspecified atom stereocenters. The van der Waals surface area contributed by atoms with E-state index in [9.17, 15) is 0 Å². The van der Waals surface area contributed by atoms with Crippen LogP contribution in [0.3, 0.4) is 0 Å². The van der Waals surface area contributed by atoms with Gasteiger partial charge in [0.25, 0.3) is 0 Å². The third-order valence-electron chi connectivity index (χ3n) is 5.26. The summed E-state index contributed by atoms with van der Waals surface area (Å²) in [4.78, 5) is 13.3. The van der Waals surface area contributed by atoms with E-state index in [1.165, 1.54) is 0 Å². The number of nitrogens with two attached hydrogens (primary N) is 1. The third-order valence-corrected chi connectivity index (χ3v) is 5.26. The van der Waals surface area contributed by atoms with Gasteiger partial charge in [-0.05, 0) is 44.2 Å². The van der Waals surface area contributed by atoms with Crippen LogP contribution in [0.25, 0.3) is 27.7 Å². The molecule has 7 heteroatoms. The van der Waals surface area contributed by atoms with Crippen LogP contribution < -0.4 is 11.1 Å².